The summed E-state index contributed by atoms with van der Waals surface area (Å²) in [5, 5.41) is 3.56. The summed E-state index contributed by atoms with van der Waals surface area (Å²) in [6, 6.07) is -0.00246. The van der Waals surface area contributed by atoms with Crippen molar-refractivity contribution in [3.8, 4) is 0 Å². The van der Waals surface area contributed by atoms with Crippen molar-refractivity contribution in [2.24, 2.45) is 11.8 Å². The smallest absolute Gasteiger partial charge is 0.241 e. The molecular weight excluding hydrogens is 264 g/mol. The van der Waals surface area contributed by atoms with E-state index in [1.165, 1.54) is 6.42 Å². The first-order chi connectivity index (χ1) is 9.97. The molecule has 21 heavy (non-hydrogen) atoms. The summed E-state index contributed by atoms with van der Waals surface area (Å²) in [6.45, 7) is 10.4. The molecule has 4 heteroatoms. The molecule has 0 aromatic carbocycles. The average molecular weight is 296 g/mol. The minimum Gasteiger partial charge on any atom is -0.376 e. The first kappa shape index (κ1) is 16.8. The molecule has 2 rings (SSSR count). The van der Waals surface area contributed by atoms with E-state index in [1.54, 1.807) is 0 Å². The number of amides is 1. The van der Waals surface area contributed by atoms with Crippen LogP contribution in [-0.2, 0) is 9.53 Å². The van der Waals surface area contributed by atoms with Gasteiger partial charge in [0.15, 0.2) is 0 Å². The van der Waals surface area contributed by atoms with E-state index in [9.17, 15) is 4.79 Å². The first-order valence-electron chi connectivity index (χ1n) is 8.65. The number of rotatable bonds is 6. The molecule has 2 heterocycles. The Morgan fingerprint density at radius 2 is 1.90 bits per heavy atom. The van der Waals surface area contributed by atoms with Crippen LogP contribution in [0.25, 0.3) is 0 Å². The highest BCUT2D eigenvalue weighted by Gasteiger charge is 2.40. The molecule has 4 nitrogen and oxygen atoms in total. The van der Waals surface area contributed by atoms with E-state index >= 15 is 0 Å². The summed E-state index contributed by atoms with van der Waals surface area (Å²) in [5.41, 5.74) is 0. The fourth-order valence-corrected chi connectivity index (χ4v) is 3.42. The van der Waals surface area contributed by atoms with Crippen LogP contribution in [0.1, 0.15) is 59.8 Å². The zero-order valence-electron chi connectivity index (χ0n) is 14.1. The quantitative estimate of drug-likeness (QED) is 0.819. The second-order valence-corrected chi connectivity index (χ2v) is 7.47. The second kappa shape index (κ2) is 7.59. The van der Waals surface area contributed by atoms with Crippen LogP contribution in [0, 0.1) is 11.8 Å². The molecule has 0 spiro atoms. The van der Waals surface area contributed by atoms with E-state index in [0.717, 1.165) is 38.8 Å². The molecule has 3 unspecified atom stereocenters. The third-order valence-corrected chi connectivity index (χ3v) is 4.43. The van der Waals surface area contributed by atoms with Gasteiger partial charge in [0.25, 0.3) is 0 Å². The molecule has 0 aromatic heterocycles. The van der Waals surface area contributed by atoms with Gasteiger partial charge in [-0.25, -0.2) is 0 Å². The molecule has 122 valence electrons. The first-order valence-corrected chi connectivity index (χ1v) is 8.65. The zero-order chi connectivity index (χ0) is 15.4. The lowest BCUT2D eigenvalue weighted by atomic mass is 10.0. The normalized spacial score (nSPS) is 30.7. The average Bonchev–Trinajstić information content (AvgIpc) is 2.67. The number of hydrogen-bond donors (Lipinski definition) is 1. The minimum atomic E-state index is -0.00246. The van der Waals surface area contributed by atoms with E-state index in [4.69, 9.17) is 4.74 Å². The molecule has 1 amide bonds. The van der Waals surface area contributed by atoms with Crippen molar-refractivity contribution < 1.29 is 9.53 Å². The van der Waals surface area contributed by atoms with Gasteiger partial charge in [-0.05, 0) is 43.9 Å². The number of hydrogen-bond acceptors (Lipinski definition) is 3. The predicted octanol–water partition coefficient (Wildman–Crippen LogP) is 2.77. The summed E-state index contributed by atoms with van der Waals surface area (Å²) in [6.07, 6.45) is 5.84. The summed E-state index contributed by atoms with van der Waals surface area (Å²) >= 11 is 0. The van der Waals surface area contributed by atoms with Gasteiger partial charge in [0, 0.05) is 13.2 Å². The van der Waals surface area contributed by atoms with Crippen LogP contribution < -0.4 is 5.32 Å². The van der Waals surface area contributed by atoms with Crippen LogP contribution in [-0.4, -0.2) is 42.3 Å². The molecule has 2 fully saturated rings. The predicted molar refractivity (Wildman–Crippen MR) is 84.9 cm³/mol. The highest BCUT2D eigenvalue weighted by atomic mass is 16.5. The second-order valence-electron chi connectivity index (χ2n) is 7.47. The van der Waals surface area contributed by atoms with Gasteiger partial charge >= 0.3 is 0 Å². The Labute approximate surface area is 129 Å². The van der Waals surface area contributed by atoms with E-state index < -0.39 is 0 Å². The largest absolute Gasteiger partial charge is 0.376 e. The van der Waals surface area contributed by atoms with E-state index in [0.29, 0.717) is 11.8 Å². The van der Waals surface area contributed by atoms with Crippen molar-refractivity contribution in [2.75, 3.05) is 13.2 Å². The monoisotopic (exact) mass is 296 g/mol. The molecule has 3 atom stereocenters. The van der Waals surface area contributed by atoms with Crippen LogP contribution in [0.4, 0.5) is 0 Å². The van der Waals surface area contributed by atoms with Crippen molar-refractivity contribution >= 4 is 5.91 Å². The van der Waals surface area contributed by atoms with Crippen LogP contribution in [0.5, 0.6) is 0 Å². The number of carbonyl (C=O) groups excluding carboxylic acids is 1. The van der Waals surface area contributed by atoms with Crippen molar-refractivity contribution in [3.05, 3.63) is 0 Å². The highest BCUT2D eigenvalue weighted by molar-refractivity contribution is 5.84. The lowest BCUT2D eigenvalue weighted by molar-refractivity contribution is -0.133. The van der Waals surface area contributed by atoms with Crippen molar-refractivity contribution in [2.45, 2.75) is 78.1 Å². The molecule has 0 saturated carbocycles. The van der Waals surface area contributed by atoms with Crippen molar-refractivity contribution in [1.29, 1.82) is 0 Å². The zero-order valence-corrected chi connectivity index (χ0v) is 14.1. The standard InChI is InChI=1S/C17H32N2O2/c1-12(2)9-15-17(20)19(16(18-15)10-13(3)4)11-14-7-5-6-8-21-14/h12-16,18H,5-11H2,1-4H3. The van der Waals surface area contributed by atoms with E-state index in [-0.39, 0.29) is 24.2 Å². The van der Waals surface area contributed by atoms with Gasteiger partial charge in [0.1, 0.15) is 0 Å². The molecule has 1 N–H and O–H groups in total. The fraction of sp³-hybridized carbons (Fsp3) is 0.941. The van der Waals surface area contributed by atoms with Crippen LogP contribution >= 0.6 is 0 Å². The van der Waals surface area contributed by atoms with Gasteiger partial charge in [0.05, 0.1) is 18.3 Å². The van der Waals surface area contributed by atoms with Gasteiger partial charge in [-0.3, -0.25) is 10.1 Å². The summed E-state index contributed by atoms with van der Waals surface area (Å²) in [4.78, 5) is 14.8. The Morgan fingerprint density at radius 3 is 2.48 bits per heavy atom. The molecule has 0 bridgehead atoms. The third-order valence-electron chi connectivity index (χ3n) is 4.43. The highest BCUT2D eigenvalue weighted by Crippen LogP contribution is 2.24. The summed E-state index contributed by atoms with van der Waals surface area (Å²) in [5.74, 6) is 1.41. The fourth-order valence-electron chi connectivity index (χ4n) is 3.42. The Kier molecular flexibility index (Phi) is 6.06. The van der Waals surface area contributed by atoms with E-state index in [2.05, 4.69) is 37.9 Å². The van der Waals surface area contributed by atoms with Gasteiger partial charge in [-0.15, -0.1) is 0 Å². The number of nitrogens with one attached hydrogen (secondary N) is 1. The van der Waals surface area contributed by atoms with Gasteiger partial charge in [-0.2, -0.15) is 0 Å². The van der Waals surface area contributed by atoms with Crippen molar-refractivity contribution in [3.63, 3.8) is 0 Å². The Hall–Kier alpha value is -0.610. The minimum absolute atomic E-state index is 0.00246. The van der Waals surface area contributed by atoms with Gasteiger partial charge in [0.2, 0.25) is 5.91 Å². The van der Waals surface area contributed by atoms with Crippen LogP contribution in [0.2, 0.25) is 0 Å². The molecule has 2 aliphatic rings. The Morgan fingerprint density at radius 1 is 1.19 bits per heavy atom. The lowest BCUT2D eigenvalue weighted by Gasteiger charge is -2.31. The number of ether oxygens (including phenoxy) is 1. The molecular formula is C17H32N2O2. The van der Waals surface area contributed by atoms with Gasteiger partial charge < -0.3 is 9.64 Å². The maximum atomic E-state index is 12.7. The maximum Gasteiger partial charge on any atom is 0.241 e. The molecule has 0 aliphatic carbocycles. The number of carbonyl (C=O) groups is 1. The molecule has 2 saturated heterocycles. The SMILES string of the molecule is CC(C)CC1NC(CC(C)C)N(CC2CCCCO2)C1=O. The number of nitrogens with zero attached hydrogens (tertiary/aromatic N) is 1. The van der Waals surface area contributed by atoms with Crippen LogP contribution in [0.3, 0.4) is 0 Å². The molecule has 0 radical (unpaired) electrons. The third kappa shape index (κ3) is 4.68. The van der Waals surface area contributed by atoms with Gasteiger partial charge in [-0.1, -0.05) is 27.7 Å². The topological polar surface area (TPSA) is 41.6 Å². The summed E-state index contributed by atoms with van der Waals surface area (Å²) in [7, 11) is 0. The molecule has 0 aromatic rings. The Bertz CT molecular complexity index is 338. The lowest BCUT2D eigenvalue weighted by Crippen LogP contribution is -2.44. The summed E-state index contributed by atoms with van der Waals surface area (Å²) < 4.78 is 5.84. The van der Waals surface area contributed by atoms with Crippen molar-refractivity contribution in [1.82, 2.24) is 10.2 Å². The Balaban J connectivity index is 2.00. The molecule has 2 aliphatic heterocycles. The maximum absolute atomic E-state index is 12.7. The van der Waals surface area contributed by atoms with E-state index in [1.807, 2.05) is 0 Å². The van der Waals surface area contributed by atoms with Crippen LogP contribution in [0.15, 0.2) is 0 Å².